The van der Waals surface area contributed by atoms with Crippen molar-refractivity contribution in [3.05, 3.63) is 70.5 Å². The number of aromatic nitrogens is 1. The van der Waals surface area contributed by atoms with E-state index in [4.69, 9.17) is 4.74 Å². The minimum absolute atomic E-state index is 0.115. The quantitative estimate of drug-likeness (QED) is 0.657. The number of nitrogens with one attached hydrogen (secondary N) is 2. The third-order valence-electron chi connectivity index (χ3n) is 5.68. The molecule has 6 heteroatoms. The van der Waals surface area contributed by atoms with Crippen molar-refractivity contribution in [1.29, 1.82) is 0 Å². The lowest BCUT2D eigenvalue weighted by atomic mass is 10.1. The number of nitrogens with zero attached hydrogens (tertiary/aromatic N) is 1. The van der Waals surface area contributed by atoms with Gasteiger partial charge in [-0.1, -0.05) is 44.2 Å². The van der Waals surface area contributed by atoms with E-state index in [2.05, 4.69) is 29.0 Å². The van der Waals surface area contributed by atoms with Gasteiger partial charge < -0.3 is 19.9 Å². The van der Waals surface area contributed by atoms with Gasteiger partial charge in [-0.05, 0) is 42.5 Å². The van der Waals surface area contributed by atoms with Crippen molar-refractivity contribution in [1.82, 2.24) is 10.3 Å². The molecular weight excluding hydrogens is 378 g/mol. The fraction of sp³-hybridized carbons (Fsp3) is 0.333. The van der Waals surface area contributed by atoms with Crippen LogP contribution in [0.15, 0.2) is 59.4 Å². The maximum absolute atomic E-state index is 12.8. The lowest BCUT2D eigenvalue weighted by Gasteiger charge is -2.36. The highest BCUT2D eigenvalue weighted by Gasteiger charge is 2.31. The predicted octanol–water partition coefficient (Wildman–Crippen LogP) is 3.60. The lowest BCUT2D eigenvalue weighted by Crippen LogP contribution is -2.51. The SMILES string of the molecule is CCC(CC)NC(=O)C1CN(Cc2cc3ccccc3[nH]c2=O)c2ccccc2O1. The molecule has 0 fully saturated rings. The van der Waals surface area contributed by atoms with Crippen LogP contribution in [0.3, 0.4) is 0 Å². The lowest BCUT2D eigenvalue weighted by molar-refractivity contribution is -0.128. The van der Waals surface area contributed by atoms with Gasteiger partial charge in [-0.15, -0.1) is 0 Å². The van der Waals surface area contributed by atoms with Gasteiger partial charge in [-0.25, -0.2) is 0 Å². The van der Waals surface area contributed by atoms with E-state index in [9.17, 15) is 9.59 Å². The predicted molar refractivity (Wildman–Crippen MR) is 119 cm³/mol. The van der Waals surface area contributed by atoms with Crippen LogP contribution >= 0.6 is 0 Å². The highest BCUT2D eigenvalue weighted by molar-refractivity contribution is 5.83. The second-order valence-electron chi connectivity index (χ2n) is 7.69. The highest BCUT2D eigenvalue weighted by atomic mass is 16.5. The van der Waals surface area contributed by atoms with Crippen molar-refractivity contribution >= 4 is 22.5 Å². The summed E-state index contributed by atoms with van der Waals surface area (Å²) < 4.78 is 6.01. The van der Waals surface area contributed by atoms with Gasteiger partial charge in [-0.2, -0.15) is 0 Å². The van der Waals surface area contributed by atoms with Crippen molar-refractivity contribution in [2.75, 3.05) is 11.4 Å². The summed E-state index contributed by atoms with van der Waals surface area (Å²) in [4.78, 5) is 30.5. The van der Waals surface area contributed by atoms with Gasteiger partial charge in [0.1, 0.15) is 5.75 Å². The first-order chi connectivity index (χ1) is 14.6. The summed E-state index contributed by atoms with van der Waals surface area (Å²) in [6.07, 6.45) is 1.13. The van der Waals surface area contributed by atoms with E-state index in [0.29, 0.717) is 24.4 Å². The zero-order chi connectivity index (χ0) is 21.1. The Balaban J connectivity index is 1.62. The number of rotatable bonds is 6. The van der Waals surface area contributed by atoms with Crippen LogP contribution < -0.4 is 20.5 Å². The van der Waals surface area contributed by atoms with E-state index in [-0.39, 0.29) is 17.5 Å². The molecule has 1 unspecified atom stereocenters. The molecule has 0 bridgehead atoms. The molecule has 1 aliphatic heterocycles. The second-order valence-corrected chi connectivity index (χ2v) is 7.69. The molecule has 1 atom stereocenters. The Morgan fingerprint density at radius 2 is 1.90 bits per heavy atom. The first kappa shape index (κ1) is 20.0. The smallest absolute Gasteiger partial charge is 0.263 e. The Morgan fingerprint density at radius 1 is 1.17 bits per heavy atom. The zero-order valence-electron chi connectivity index (χ0n) is 17.4. The Labute approximate surface area is 175 Å². The minimum atomic E-state index is -0.625. The van der Waals surface area contributed by atoms with E-state index in [1.807, 2.05) is 54.6 Å². The number of benzene rings is 2. The number of para-hydroxylation sites is 3. The zero-order valence-corrected chi connectivity index (χ0v) is 17.4. The third-order valence-corrected chi connectivity index (χ3v) is 5.68. The summed E-state index contributed by atoms with van der Waals surface area (Å²) in [6.45, 7) is 4.90. The molecular formula is C24H27N3O3. The molecule has 0 radical (unpaired) electrons. The second kappa shape index (κ2) is 8.61. The molecule has 30 heavy (non-hydrogen) atoms. The number of carbonyl (C=O) groups excluding carboxylic acids is 1. The summed E-state index contributed by atoms with van der Waals surface area (Å²) in [5, 5.41) is 4.06. The van der Waals surface area contributed by atoms with Crippen LogP contribution in [-0.2, 0) is 11.3 Å². The molecule has 4 rings (SSSR count). The number of aromatic amines is 1. The molecule has 2 heterocycles. The van der Waals surface area contributed by atoms with Crippen molar-refractivity contribution in [3.8, 4) is 5.75 Å². The Bertz CT molecular complexity index is 1100. The van der Waals surface area contributed by atoms with Crippen LogP contribution in [0.1, 0.15) is 32.3 Å². The summed E-state index contributed by atoms with van der Waals surface area (Å²) in [7, 11) is 0. The van der Waals surface area contributed by atoms with E-state index >= 15 is 0 Å². The van der Waals surface area contributed by atoms with Gasteiger partial charge in [0.2, 0.25) is 0 Å². The minimum Gasteiger partial charge on any atom is -0.477 e. The monoisotopic (exact) mass is 405 g/mol. The Hall–Kier alpha value is -3.28. The maximum atomic E-state index is 12.8. The third kappa shape index (κ3) is 4.03. The number of hydrogen-bond donors (Lipinski definition) is 2. The normalized spacial score (nSPS) is 15.7. The average Bonchev–Trinajstić information content (AvgIpc) is 2.77. The summed E-state index contributed by atoms with van der Waals surface area (Å²) in [5.74, 6) is 0.543. The van der Waals surface area contributed by atoms with Gasteiger partial charge >= 0.3 is 0 Å². The fourth-order valence-electron chi connectivity index (χ4n) is 3.90. The molecule has 1 amide bonds. The first-order valence-corrected chi connectivity index (χ1v) is 10.5. The standard InChI is InChI=1S/C24H27N3O3/c1-3-18(4-2)25-24(29)22-15-27(20-11-7-8-12-21(20)30-22)14-17-13-16-9-5-6-10-19(16)26-23(17)28/h5-13,18,22H,3-4,14-15H2,1-2H3,(H,25,29)(H,26,28). The first-order valence-electron chi connectivity index (χ1n) is 10.5. The summed E-state index contributed by atoms with van der Waals surface area (Å²) in [5.41, 5.74) is 2.24. The van der Waals surface area contributed by atoms with Gasteiger partial charge in [0.05, 0.1) is 12.2 Å². The van der Waals surface area contributed by atoms with Gasteiger partial charge in [0.15, 0.2) is 6.10 Å². The molecule has 1 aromatic heterocycles. The van der Waals surface area contributed by atoms with Crippen molar-refractivity contribution in [2.45, 2.75) is 45.4 Å². The highest BCUT2D eigenvalue weighted by Crippen LogP contribution is 2.34. The Kier molecular flexibility index (Phi) is 5.74. The topological polar surface area (TPSA) is 74.4 Å². The van der Waals surface area contributed by atoms with Gasteiger partial charge in [-0.3, -0.25) is 9.59 Å². The number of fused-ring (bicyclic) bond motifs is 2. The van der Waals surface area contributed by atoms with Crippen molar-refractivity contribution in [2.24, 2.45) is 0 Å². The molecule has 0 spiro atoms. The van der Waals surface area contributed by atoms with Crippen molar-refractivity contribution < 1.29 is 9.53 Å². The van der Waals surface area contributed by atoms with Crippen LogP contribution in [0.5, 0.6) is 5.75 Å². The van der Waals surface area contributed by atoms with Crippen LogP contribution in [0.4, 0.5) is 5.69 Å². The number of pyridine rings is 1. The van der Waals surface area contributed by atoms with Gasteiger partial charge in [0, 0.05) is 23.7 Å². The molecule has 3 aromatic rings. The molecule has 0 saturated heterocycles. The summed E-state index contributed by atoms with van der Waals surface area (Å²) >= 11 is 0. The Morgan fingerprint density at radius 3 is 2.70 bits per heavy atom. The molecule has 0 saturated carbocycles. The van der Waals surface area contributed by atoms with Crippen LogP contribution in [0, 0.1) is 0 Å². The number of hydrogen-bond acceptors (Lipinski definition) is 4. The molecule has 156 valence electrons. The number of carbonyl (C=O) groups is 1. The van der Waals surface area contributed by atoms with E-state index in [0.717, 1.165) is 29.4 Å². The average molecular weight is 405 g/mol. The molecule has 2 N–H and O–H groups in total. The van der Waals surface area contributed by atoms with Crippen LogP contribution in [-0.4, -0.2) is 29.6 Å². The summed E-state index contributed by atoms with van der Waals surface area (Å²) in [6, 6.07) is 17.4. The van der Waals surface area contributed by atoms with Crippen molar-refractivity contribution in [3.63, 3.8) is 0 Å². The number of amides is 1. The fourth-order valence-corrected chi connectivity index (χ4v) is 3.90. The maximum Gasteiger partial charge on any atom is 0.263 e. The van der Waals surface area contributed by atoms with E-state index in [1.165, 1.54) is 0 Å². The number of H-pyrrole nitrogens is 1. The van der Waals surface area contributed by atoms with Gasteiger partial charge in [0.25, 0.3) is 11.5 Å². The van der Waals surface area contributed by atoms with E-state index < -0.39 is 6.10 Å². The molecule has 0 aliphatic carbocycles. The van der Waals surface area contributed by atoms with E-state index in [1.54, 1.807) is 0 Å². The largest absolute Gasteiger partial charge is 0.477 e. The molecule has 6 nitrogen and oxygen atoms in total. The number of anilines is 1. The van der Waals surface area contributed by atoms with Crippen LogP contribution in [0.2, 0.25) is 0 Å². The number of ether oxygens (including phenoxy) is 1. The molecule has 1 aliphatic rings. The molecule has 2 aromatic carbocycles. The van der Waals surface area contributed by atoms with Crippen LogP contribution in [0.25, 0.3) is 10.9 Å².